The zero-order chi connectivity index (χ0) is 7.28. The molecule has 0 amide bonds. The molecule has 0 spiro atoms. The van der Waals surface area contributed by atoms with Gasteiger partial charge in [-0.3, -0.25) is 4.79 Å². The van der Waals surface area contributed by atoms with E-state index >= 15 is 0 Å². The van der Waals surface area contributed by atoms with E-state index < -0.39 is 0 Å². The van der Waals surface area contributed by atoms with Gasteiger partial charge in [0.15, 0.2) is 0 Å². The second kappa shape index (κ2) is 4.47. The zero-order valence-electron chi connectivity index (χ0n) is 5.92. The summed E-state index contributed by atoms with van der Waals surface area (Å²) in [5.41, 5.74) is 3.41. The van der Waals surface area contributed by atoms with Crippen molar-refractivity contribution < 1.29 is 4.79 Å². The van der Waals surface area contributed by atoms with Gasteiger partial charge in [0.1, 0.15) is 5.78 Å². The van der Waals surface area contributed by atoms with Crippen LogP contribution in [0.15, 0.2) is 0 Å². The molecule has 9 heavy (non-hydrogen) atoms. The second-order valence-corrected chi connectivity index (χ2v) is 2.21. The lowest BCUT2D eigenvalue weighted by atomic mass is 10.0. The number of rotatable bonds is 4. The maximum atomic E-state index is 10.6. The molecule has 0 rings (SSSR count). The third-order valence-corrected chi connectivity index (χ3v) is 1.39. The highest BCUT2D eigenvalue weighted by Gasteiger charge is 2.02. The van der Waals surface area contributed by atoms with Crippen molar-refractivity contribution in [2.24, 2.45) is 11.8 Å². The highest BCUT2D eigenvalue weighted by atomic mass is 16.1. The number of Topliss-reactive ketones (excluding diaryl/α,β-unsaturated/α-hetero) is 1. The van der Waals surface area contributed by atoms with Gasteiger partial charge in [0, 0.05) is 5.92 Å². The molecule has 0 saturated carbocycles. The SMILES string of the molecule is CC(=O)C(C)CC[N-]N. The first-order valence-corrected chi connectivity index (χ1v) is 3.05. The van der Waals surface area contributed by atoms with Crippen molar-refractivity contribution in [1.82, 2.24) is 0 Å². The molecule has 0 saturated heterocycles. The van der Waals surface area contributed by atoms with Crippen molar-refractivity contribution in [1.29, 1.82) is 0 Å². The van der Waals surface area contributed by atoms with E-state index in [0.717, 1.165) is 6.42 Å². The van der Waals surface area contributed by atoms with Gasteiger partial charge >= 0.3 is 0 Å². The van der Waals surface area contributed by atoms with Gasteiger partial charge in [0.2, 0.25) is 0 Å². The lowest BCUT2D eigenvalue weighted by molar-refractivity contribution is -0.120. The zero-order valence-corrected chi connectivity index (χ0v) is 5.92. The lowest BCUT2D eigenvalue weighted by Gasteiger charge is -2.13. The molecule has 0 heterocycles. The van der Waals surface area contributed by atoms with Gasteiger partial charge in [-0.25, -0.2) is 0 Å². The largest absolute Gasteiger partial charge is 0.600 e. The van der Waals surface area contributed by atoms with Crippen LogP contribution in [0.2, 0.25) is 0 Å². The Morgan fingerprint density at radius 3 is 2.67 bits per heavy atom. The smallest absolute Gasteiger partial charge is 0.132 e. The van der Waals surface area contributed by atoms with Crippen LogP contribution in [-0.4, -0.2) is 12.3 Å². The Hall–Kier alpha value is -0.410. The monoisotopic (exact) mass is 129 g/mol. The average molecular weight is 129 g/mol. The van der Waals surface area contributed by atoms with Crippen LogP contribution < -0.4 is 5.84 Å². The van der Waals surface area contributed by atoms with E-state index in [2.05, 4.69) is 5.43 Å². The molecule has 1 unspecified atom stereocenters. The molecule has 54 valence electrons. The fourth-order valence-electron chi connectivity index (χ4n) is 0.471. The summed E-state index contributed by atoms with van der Waals surface area (Å²) in [6.45, 7) is 4.05. The van der Waals surface area contributed by atoms with E-state index in [1.807, 2.05) is 6.92 Å². The third-order valence-electron chi connectivity index (χ3n) is 1.39. The summed E-state index contributed by atoms with van der Waals surface area (Å²) in [6, 6.07) is 0. The highest BCUT2D eigenvalue weighted by Crippen LogP contribution is 2.02. The van der Waals surface area contributed by atoms with Crippen LogP contribution in [-0.2, 0) is 4.79 Å². The number of carbonyl (C=O) groups excluding carboxylic acids is 1. The number of nitrogens with two attached hydrogens (primary N) is 1. The number of carbonyl (C=O) groups is 1. The first-order chi connectivity index (χ1) is 4.18. The summed E-state index contributed by atoms with van der Waals surface area (Å²) >= 11 is 0. The van der Waals surface area contributed by atoms with E-state index in [-0.39, 0.29) is 11.7 Å². The average Bonchev–Trinajstić information content (AvgIpc) is 1.82. The van der Waals surface area contributed by atoms with Crippen LogP contribution in [0.3, 0.4) is 0 Å². The Morgan fingerprint density at radius 2 is 2.33 bits per heavy atom. The van der Waals surface area contributed by atoms with E-state index in [4.69, 9.17) is 5.84 Å². The summed E-state index contributed by atoms with van der Waals surface area (Å²) in [4.78, 5) is 10.6. The molecule has 0 aliphatic rings. The molecule has 0 aromatic carbocycles. The van der Waals surface area contributed by atoms with Crippen molar-refractivity contribution >= 4 is 5.78 Å². The minimum Gasteiger partial charge on any atom is -0.600 e. The number of hydrogen-bond acceptors (Lipinski definition) is 2. The lowest BCUT2D eigenvalue weighted by Crippen LogP contribution is -2.08. The first kappa shape index (κ1) is 8.59. The van der Waals surface area contributed by atoms with E-state index in [1.165, 1.54) is 0 Å². The molecule has 0 aliphatic heterocycles. The second-order valence-electron chi connectivity index (χ2n) is 2.21. The van der Waals surface area contributed by atoms with Crippen molar-refractivity contribution in [3.63, 3.8) is 0 Å². The fraction of sp³-hybridized carbons (Fsp3) is 0.833. The fourth-order valence-corrected chi connectivity index (χ4v) is 0.471. The molecule has 1 atom stereocenters. The quantitative estimate of drug-likeness (QED) is 0.452. The van der Waals surface area contributed by atoms with Crippen LogP contribution in [0.4, 0.5) is 0 Å². The van der Waals surface area contributed by atoms with Gasteiger partial charge in [0.25, 0.3) is 0 Å². The summed E-state index contributed by atoms with van der Waals surface area (Å²) in [6.07, 6.45) is 0.770. The molecular weight excluding hydrogens is 116 g/mol. The molecule has 2 N–H and O–H groups in total. The number of ketones is 1. The predicted molar refractivity (Wildman–Crippen MR) is 36.9 cm³/mol. The van der Waals surface area contributed by atoms with E-state index in [0.29, 0.717) is 6.54 Å². The Balaban J connectivity index is 3.27. The third kappa shape index (κ3) is 4.12. The van der Waals surface area contributed by atoms with Crippen LogP contribution in [0, 0.1) is 5.92 Å². The topological polar surface area (TPSA) is 57.2 Å². The molecule has 3 heteroatoms. The molecule has 0 radical (unpaired) electrons. The van der Waals surface area contributed by atoms with Gasteiger partial charge in [-0.15, -0.1) is 6.54 Å². The minimum absolute atomic E-state index is 0.109. The molecular formula is C6H13N2O-. The van der Waals surface area contributed by atoms with Crippen molar-refractivity contribution in [3.05, 3.63) is 5.43 Å². The predicted octanol–water partition coefficient (Wildman–Crippen LogP) is 0.849. The van der Waals surface area contributed by atoms with Gasteiger partial charge in [-0.1, -0.05) is 13.3 Å². The van der Waals surface area contributed by atoms with Crippen LogP contribution in [0.25, 0.3) is 5.43 Å². The molecule has 0 fully saturated rings. The Morgan fingerprint density at radius 1 is 1.78 bits per heavy atom. The number of nitrogens with zero attached hydrogens (tertiary/aromatic N) is 1. The summed E-state index contributed by atoms with van der Waals surface area (Å²) in [7, 11) is 0. The maximum Gasteiger partial charge on any atom is 0.132 e. The molecule has 0 bridgehead atoms. The Kier molecular flexibility index (Phi) is 4.26. The first-order valence-electron chi connectivity index (χ1n) is 3.05. The summed E-state index contributed by atoms with van der Waals surface area (Å²) < 4.78 is 0. The van der Waals surface area contributed by atoms with Crippen molar-refractivity contribution in [2.75, 3.05) is 6.54 Å². The van der Waals surface area contributed by atoms with Gasteiger partial charge < -0.3 is 11.3 Å². The van der Waals surface area contributed by atoms with Gasteiger partial charge in [0.05, 0.1) is 0 Å². The maximum absolute atomic E-state index is 10.6. The Labute approximate surface area is 55.6 Å². The standard InChI is InChI=1S/C6H13N2O/c1-5(6(2)9)3-4-8-7/h5H,3-4,7H2,1-2H3/q-1. The normalized spacial score (nSPS) is 13.2. The van der Waals surface area contributed by atoms with Gasteiger partial charge in [-0.2, -0.15) is 0 Å². The summed E-state index contributed by atoms with van der Waals surface area (Å²) in [5, 5.41) is 0. The molecule has 0 aromatic rings. The molecule has 0 aromatic heterocycles. The van der Waals surface area contributed by atoms with Crippen molar-refractivity contribution in [3.8, 4) is 0 Å². The molecule has 0 aliphatic carbocycles. The minimum atomic E-state index is 0.109. The highest BCUT2D eigenvalue weighted by molar-refractivity contribution is 5.77. The summed E-state index contributed by atoms with van der Waals surface area (Å²) in [5.74, 6) is 5.21. The van der Waals surface area contributed by atoms with Gasteiger partial charge in [-0.05, 0) is 6.92 Å². The van der Waals surface area contributed by atoms with Crippen LogP contribution in [0.1, 0.15) is 20.3 Å². The van der Waals surface area contributed by atoms with Crippen molar-refractivity contribution in [2.45, 2.75) is 20.3 Å². The van der Waals surface area contributed by atoms with E-state index in [9.17, 15) is 4.79 Å². The van der Waals surface area contributed by atoms with Crippen LogP contribution >= 0.6 is 0 Å². The van der Waals surface area contributed by atoms with E-state index in [1.54, 1.807) is 6.92 Å². The molecule has 3 nitrogen and oxygen atoms in total. The van der Waals surface area contributed by atoms with Crippen LogP contribution in [0.5, 0.6) is 0 Å². The Bertz CT molecular complexity index is 93.1. The number of hydrogen-bond donors (Lipinski definition) is 1.